The fourth-order valence-electron chi connectivity index (χ4n) is 3.66. The fraction of sp³-hybridized carbons (Fsp3) is 0.250. The quantitative estimate of drug-likeness (QED) is 0.337. The third-order valence-corrected chi connectivity index (χ3v) is 5.64. The minimum absolute atomic E-state index is 0.0885. The average molecular weight is 504 g/mol. The number of hydrazone groups is 1. The molecule has 1 saturated heterocycles. The Balaban J connectivity index is 1.23. The van der Waals surface area contributed by atoms with Gasteiger partial charge in [0.15, 0.2) is 24.7 Å². The van der Waals surface area contributed by atoms with Crippen LogP contribution in [0.1, 0.15) is 5.56 Å². The summed E-state index contributed by atoms with van der Waals surface area (Å²) in [6, 6.07) is 22.7. The van der Waals surface area contributed by atoms with E-state index in [9.17, 15) is 9.59 Å². The second-order valence-electron chi connectivity index (χ2n) is 8.16. The van der Waals surface area contributed by atoms with Gasteiger partial charge >= 0.3 is 0 Å². The lowest BCUT2D eigenvalue weighted by atomic mass is 10.1. The van der Waals surface area contributed by atoms with Crippen LogP contribution in [-0.4, -0.2) is 69.6 Å². The fourth-order valence-corrected chi connectivity index (χ4v) is 3.66. The van der Waals surface area contributed by atoms with E-state index < -0.39 is 5.91 Å². The molecule has 1 N–H and O–H groups in total. The lowest BCUT2D eigenvalue weighted by Gasteiger charge is -2.26. The number of carbonyl (C=O) groups excluding carboxylic acids is 2. The summed E-state index contributed by atoms with van der Waals surface area (Å²) in [5.41, 5.74) is 5.30. The van der Waals surface area contributed by atoms with E-state index in [4.69, 9.17) is 18.9 Å². The van der Waals surface area contributed by atoms with Crippen molar-refractivity contribution in [1.29, 1.82) is 0 Å². The zero-order chi connectivity index (χ0) is 25.9. The first-order valence-corrected chi connectivity index (χ1v) is 11.9. The van der Waals surface area contributed by atoms with Crippen molar-refractivity contribution >= 4 is 18.0 Å². The lowest BCUT2D eigenvalue weighted by molar-refractivity contribution is -0.137. The predicted molar refractivity (Wildman–Crippen MR) is 139 cm³/mol. The highest BCUT2D eigenvalue weighted by Gasteiger charge is 2.18. The molecule has 1 heterocycles. The zero-order valence-corrected chi connectivity index (χ0v) is 20.6. The molecule has 37 heavy (non-hydrogen) atoms. The maximum Gasteiger partial charge on any atom is 0.277 e. The van der Waals surface area contributed by atoms with Crippen LogP contribution in [0.5, 0.6) is 17.2 Å². The molecule has 2 amide bonds. The van der Waals surface area contributed by atoms with Gasteiger partial charge in [-0.05, 0) is 47.0 Å². The van der Waals surface area contributed by atoms with Gasteiger partial charge in [-0.1, -0.05) is 42.5 Å². The molecular formula is C28H29N3O6. The van der Waals surface area contributed by atoms with Crippen LogP contribution >= 0.6 is 0 Å². The van der Waals surface area contributed by atoms with E-state index in [1.165, 1.54) is 13.3 Å². The Labute approximate surface area is 215 Å². The molecule has 1 aliphatic heterocycles. The Morgan fingerprint density at radius 1 is 0.919 bits per heavy atom. The van der Waals surface area contributed by atoms with Crippen molar-refractivity contribution in [3.8, 4) is 28.4 Å². The van der Waals surface area contributed by atoms with E-state index in [0.29, 0.717) is 49.1 Å². The van der Waals surface area contributed by atoms with E-state index in [2.05, 4.69) is 10.5 Å². The summed E-state index contributed by atoms with van der Waals surface area (Å²) in [7, 11) is 1.51. The summed E-state index contributed by atoms with van der Waals surface area (Å²) in [5, 5.41) is 3.97. The number of amides is 2. The summed E-state index contributed by atoms with van der Waals surface area (Å²) < 4.78 is 21.8. The van der Waals surface area contributed by atoms with Gasteiger partial charge in [-0.2, -0.15) is 5.10 Å². The normalized spacial score (nSPS) is 13.3. The van der Waals surface area contributed by atoms with Gasteiger partial charge in [-0.25, -0.2) is 5.43 Å². The Morgan fingerprint density at radius 3 is 2.38 bits per heavy atom. The van der Waals surface area contributed by atoms with E-state index in [0.717, 1.165) is 11.1 Å². The summed E-state index contributed by atoms with van der Waals surface area (Å²) in [6.45, 7) is 1.93. The molecule has 0 atom stereocenters. The van der Waals surface area contributed by atoms with E-state index in [1.807, 2.05) is 54.6 Å². The first kappa shape index (κ1) is 25.7. The second-order valence-corrected chi connectivity index (χ2v) is 8.16. The first-order valence-electron chi connectivity index (χ1n) is 11.9. The number of rotatable bonds is 10. The molecule has 0 spiro atoms. The van der Waals surface area contributed by atoms with Crippen molar-refractivity contribution in [3.63, 3.8) is 0 Å². The standard InChI is InChI=1S/C28H29N3O6/c1-34-26-17-21(7-12-25(26)37-20-28(33)31-13-15-35-16-14-31)18-29-30-27(32)19-36-24-10-8-23(9-11-24)22-5-3-2-4-6-22/h2-12,17-18H,13-16,19-20H2,1H3,(H,30,32)/b29-18+. The number of ether oxygens (including phenoxy) is 4. The molecular weight excluding hydrogens is 474 g/mol. The zero-order valence-electron chi connectivity index (χ0n) is 20.6. The molecule has 3 aromatic rings. The van der Waals surface area contributed by atoms with Crippen molar-refractivity contribution in [1.82, 2.24) is 10.3 Å². The minimum atomic E-state index is -0.392. The molecule has 1 aliphatic rings. The number of nitrogens with zero attached hydrogens (tertiary/aromatic N) is 2. The lowest BCUT2D eigenvalue weighted by Crippen LogP contribution is -2.43. The molecule has 0 aromatic heterocycles. The van der Waals surface area contributed by atoms with Crippen molar-refractivity contribution in [2.75, 3.05) is 46.6 Å². The Morgan fingerprint density at radius 2 is 1.65 bits per heavy atom. The minimum Gasteiger partial charge on any atom is -0.493 e. The molecule has 0 saturated carbocycles. The van der Waals surface area contributed by atoms with Crippen LogP contribution in [0.3, 0.4) is 0 Å². The smallest absolute Gasteiger partial charge is 0.277 e. The van der Waals surface area contributed by atoms with Gasteiger partial charge in [0.05, 0.1) is 26.5 Å². The van der Waals surface area contributed by atoms with Gasteiger partial charge in [0, 0.05) is 13.1 Å². The summed E-state index contributed by atoms with van der Waals surface area (Å²) in [4.78, 5) is 26.1. The Bertz CT molecular complexity index is 1210. The van der Waals surface area contributed by atoms with Crippen LogP contribution in [-0.2, 0) is 14.3 Å². The summed E-state index contributed by atoms with van der Waals surface area (Å²) in [5.74, 6) is 0.987. The summed E-state index contributed by atoms with van der Waals surface area (Å²) >= 11 is 0. The number of morpholine rings is 1. The number of methoxy groups -OCH3 is 1. The predicted octanol–water partition coefficient (Wildman–Crippen LogP) is 3.13. The van der Waals surface area contributed by atoms with Crippen molar-refractivity contribution in [2.45, 2.75) is 0 Å². The monoisotopic (exact) mass is 503 g/mol. The highest BCUT2D eigenvalue weighted by Crippen LogP contribution is 2.27. The van der Waals surface area contributed by atoms with Crippen molar-refractivity contribution < 1.29 is 28.5 Å². The molecule has 0 unspecified atom stereocenters. The maximum atomic E-state index is 12.3. The van der Waals surface area contributed by atoms with Crippen LogP contribution in [0.15, 0.2) is 77.9 Å². The topological polar surface area (TPSA) is 98.7 Å². The van der Waals surface area contributed by atoms with Crippen LogP contribution in [0.2, 0.25) is 0 Å². The van der Waals surface area contributed by atoms with E-state index in [-0.39, 0.29) is 19.1 Å². The van der Waals surface area contributed by atoms with Gasteiger partial charge in [0.1, 0.15) is 5.75 Å². The number of hydrogen-bond acceptors (Lipinski definition) is 7. The highest BCUT2D eigenvalue weighted by molar-refractivity contribution is 5.84. The third-order valence-electron chi connectivity index (χ3n) is 5.64. The van der Waals surface area contributed by atoms with Crippen LogP contribution < -0.4 is 19.6 Å². The number of nitrogens with one attached hydrogen (secondary N) is 1. The molecule has 9 nitrogen and oxygen atoms in total. The largest absolute Gasteiger partial charge is 0.493 e. The van der Waals surface area contributed by atoms with Gasteiger partial charge < -0.3 is 23.8 Å². The van der Waals surface area contributed by atoms with E-state index >= 15 is 0 Å². The van der Waals surface area contributed by atoms with Crippen molar-refractivity contribution in [3.05, 3.63) is 78.4 Å². The molecule has 3 aromatic carbocycles. The number of benzene rings is 3. The molecule has 9 heteroatoms. The molecule has 0 aliphatic carbocycles. The maximum absolute atomic E-state index is 12.3. The van der Waals surface area contributed by atoms with Gasteiger partial charge in [0.25, 0.3) is 11.8 Å². The molecule has 1 fully saturated rings. The van der Waals surface area contributed by atoms with Gasteiger partial charge in [0.2, 0.25) is 0 Å². The van der Waals surface area contributed by atoms with Crippen molar-refractivity contribution in [2.24, 2.45) is 5.10 Å². The van der Waals surface area contributed by atoms with Gasteiger partial charge in [-0.3, -0.25) is 9.59 Å². The highest BCUT2D eigenvalue weighted by atomic mass is 16.5. The first-order chi connectivity index (χ1) is 18.1. The average Bonchev–Trinajstić information content (AvgIpc) is 2.96. The van der Waals surface area contributed by atoms with Crippen LogP contribution in [0, 0.1) is 0 Å². The molecule has 0 radical (unpaired) electrons. The van der Waals surface area contributed by atoms with Crippen LogP contribution in [0.4, 0.5) is 0 Å². The number of hydrogen-bond donors (Lipinski definition) is 1. The Hall–Kier alpha value is -4.37. The third kappa shape index (κ3) is 7.55. The Kier molecular flexibility index (Phi) is 9.09. The number of carbonyl (C=O) groups is 2. The summed E-state index contributed by atoms with van der Waals surface area (Å²) in [6.07, 6.45) is 1.48. The van der Waals surface area contributed by atoms with Crippen LogP contribution in [0.25, 0.3) is 11.1 Å². The van der Waals surface area contributed by atoms with E-state index in [1.54, 1.807) is 23.1 Å². The second kappa shape index (κ2) is 13.1. The molecule has 0 bridgehead atoms. The van der Waals surface area contributed by atoms with Gasteiger partial charge in [-0.15, -0.1) is 0 Å². The SMILES string of the molecule is COc1cc(/C=N/NC(=O)COc2ccc(-c3ccccc3)cc2)ccc1OCC(=O)N1CCOCC1. The molecule has 192 valence electrons. The molecule has 4 rings (SSSR count).